The number of hydrogen-bond acceptors (Lipinski definition) is 6. The van der Waals surface area contributed by atoms with E-state index in [9.17, 15) is 9.59 Å². The van der Waals surface area contributed by atoms with Crippen LogP contribution < -0.4 is 10.1 Å². The van der Waals surface area contributed by atoms with Crippen LogP contribution in [-0.2, 0) is 14.3 Å². The van der Waals surface area contributed by atoms with Gasteiger partial charge in [-0.1, -0.05) is 29.8 Å². The molecule has 1 amide bonds. The number of esters is 1. The molecule has 0 saturated carbocycles. The molecule has 0 bridgehead atoms. The van der Waals surface area contributed by atoms with Gasteiger partial charge in [0.1, 0.15) is 18.4 Å². The molecule has 3 rings (SSSR count). The van der Waals surface area contributed by atoms with Crippen molar-refractivity contribution in [2.45, 2.75) is 13.0 Å². The predicted octanol–water partition coefficient (Wildman–Crippen LogP) is 2.87. The molecule has 1 N–H and O–H groups in total. The number of nitrogens with zero attached hydrogens (tertiary/aromatic N) is 3. The average Bonchev–Trinajstić information content (AvgIpc) is 3.21. The summed E-state index contributed by atoms with van der Waals surface area (Å²) >= 11 is 6.01. The molecule has 1 atom stereocenters. The van der Waals surface area contributed by atoms with Gasteiger partial charge in [0.05, 0.1) is 11.4 Å². The number of anilines is 1. The average molecular weight is 401 g/mol. The van der Waals surface area contributed by atoms with E-state index in [2.05, 4.69) is 15.4 Å². The minimum Gasteiger partial charge on any atom is -0.479 e. The SMILES string of the molecule is C[C@@H](Oc1ccccc1)C(=O)OCC(=O)Nc1cc(Cl)ccc1-n1cncn1. The second kappa shape index (κ2) is 9.01. The van der Waals surface area contributed by atoms with E-state index in [1.165, 1.54) is 17.3 Å². The second-order valence-electron chi connectivity index (χ2n) is 5.73. The third-order valence-electron chi connectivity index (χ3n) is 3.63. The molecule has 0 radical (unpaired) electrons. The Morgan fingerprint density at radius 2 is 2.00 bits per heavy atom. The first-order valence-electron chi connectivity index (χ1n) is 8.35. The molecule has 2 aromatic carbocycles. The van der Waals surface area contributed by atoms with Gasteiger partial charge in [-0.2, -0.15) is 5.10 Å². The van der Waals surface area contributed by atoms with Gasteiger partial charge in [0.2, 0.25) is 0 Å². The topological polar surface area (TPSA) is 95.3 Å². The zero-order valence-corrected chi connectivity index (χ0v) is 15.7. The van der Waals surface area contributed by atoms with Crippen molar-refractivity contribution >= 4 is 29.2 Å². The van der Waals surface area contributed by atoms with E-state index >= 15 is 0 Å². The lowest BCUT2D eigenvalue weighted by Gasteiger charge is -2.14. The number of halogens is 1. The molecule has 0 aliphatic carbocycles. The fourth-order valence-corrected chi connectivity index (χ4v) is 2.50. The number of carbonyl (C=O) groups excluding carboxylic acids is 2. The molecule has 1 aromatic heterocycles. The molecule has 9 heteroatoms. The molecule has 0 saturated heterocycles. The van der Waals surface area contributed by atoms with Gasteiger partial charge in [0, 0.05) is 5.02 Å². The molecule has 28 heavy (non-hydrogen) atoms. The van der Waals surface area contributed by atoms with E-state index in [-0.39, 0.29) is 0 Å². The van der Waals surface area contributed by atoms with E-state index in [0.717, 1.165) is 0 Å². The maximum atomic E-state index is 12.2. The Labute approximate surface area is 166 Å². The second-order valence-corrected chi connectivity index (χ2v) is 6.17. The third kappa shape index (κ3) is 5.08. The summed E-state index contributed by atoms with van der Waals surface area (Å²) in [6.45, 7) is 1.08. The van der Waals surface area contributed by atoms with Crippen LogP contribution in [0.25, 0.3) is 5.69 Å². The summed E-state index contributed by atoms with van der Waals surface area (Å²) in [5.41, 5.74) is 0.981. The lowest BCUT2D eigenvalue weighted by molar-refractivity contribution is -0.153. The molecule has 3 aromatic rings. The van der Waals surface area contributed by atoms with Crippen molar-refractivity contribution in [3.8, 4) is 11.4 Å². The van der Waals surface area contributed by atoms with Gasteiger partial charge in [0.15, 0.2) is 12.7 Å². The third-order valence-corrected chi connectivity index (χ3v) is 3.87. The Kier molecular flexibility index (Phi) is 6.23. The standard InChI is InChI=1S/C19H17ClN4O4/c1-13(28-15-5-3-2-4-6-15)19(26)27-10-18(25)23-16-9-14(20)7-8-17(16)24-12-21-11-22-24/h2-9,11-13H,10H2,1H3,(H,23,25)/t13-/m1/s1. The van der Waals surface area contributed by atoms with Crippen molar-refractivity contribution in [2.24, 2.45) is 0 Å². The van der Waals surface area contributed by atoms with Crippen LogP contribution in [0.5, 0.6) is 5.75 Å². The number of nitrogens with one attached hydrogen (secondary N) is 1. The quantitative estimate of drug-likeness (QED) is 0.613. The zero-order chi connectivity index (χ0) is 19.9. The minimum atomic E-state index is -0.855. The Morgan fingerprint density at radius 1 is 1.21 bits per heavy atom. The van der Waals surface area contributed by atoms with Gasteiger partial charge >= 0.3 is 5.97 Å². The first kappa shape index (κ1) is 19.4. The van der Waals surface area contributed by atoms with Gasteiger partial charge in [-0.15, -0.1) is 0 Å². The summed E-state index contributed by atoms with van der Waals surface area (Å²) in [6.07, 6.45) is 2.00. The van der Waals surface area contributed by atoms with E-state index in [4.69, 9.17) is 21.1 Å². The highest BCUT2D eigenvalue weighted by Gasteiger charge is 2.18. The fourth-order valence-electron chi connectivity index (χ4n) is 2.33. The van der Waals surface area contributed by atoms with Crippen LogP contribution >= 0.6 is 11.6 Å². The van der Waals surface area contributed by atoms with E-state index in [1.807, 2.05) is 6.07 Å². The van der Waals surface area contributed by atoms with Gasteiger partial charge in [0.25, 0.3) is 5.91 Å². The van der Waals surface area contributed by atoms with Crippen LogP contribution in [-0.4, -0.2) is 39.4 Å². The Bertz CT molecular complexity index is 948. The lowest BCUT2D eigenvalue weighted by Crippen LogP contribution is -2.29. The monoisotopic (exact) mass is 400 g/mol. The summed E-state index contributed by atoms with van der Waals surface area (Å²) in [4.78, 5) is 28.1. The van der Waals surface area contributed by atoms with Gasteiger partial charge < -0.3 is 14.8 Å². The highest BCUT2D eigenvalue weighted by Crippen LogP contribution is 2.23. The highest BCUT2D eigenvalue weighted by atomic mass is 35.5. The molecular formula is C19H17ClN4O4. The van der Waals surface area contributed by atoms with Crippen LogP contribution in [0, 0.1) is 0 Å². The number of para-hydroxylation sites is 1. The molecule has 0 spiro atoms. The summed E-state index contributed by atoms with van der Waals surface area (Å²) in [7, 11) is 0. The van der Waals surface area contributed by atoms with Crippen LogP contribution in [0.3, 0.4) is 0 Å². The van der Waals surface area contributed by atoms with Crippen molar-refractivity contribution in [1.29, 1.82) is 0 Å². The predicted molar refractivity (Wildman–Crippen MR) is 102 cm³/mol. The number of carbonyl (C=O) groups is 2. The molecule has 0 unspecified atom stereocenters. The molecule has 1 heterocycles. The van der Waals surface area contributed by atoms with Gasteiger partial charge in [-0.25, -0.2) is 14.5 Å². The van der Waals surface area contributed by atoms with Crippen LogP contribution in [0.15, 0.2) is 61.2 Å². The Hall–Kier alpha value is -3.39. The smallest absolute Gasteiger partial charge is 0.347 e. The summed E-state index contributed by atoms with van der Waals surface area (Å²) in [5.74, 6) is -0.640. The lowest BCUT2D eigenvalue weighted by atomic mass is 10.2. The number of rotatable bonds is 7. The van der Waals surface area contributed by atoms with E-state index in [0.29, 0.717) is 22.1 Å². The maximum absolute atomic E-state index is 12.2. The largest absolute Gasteiger partial charge is 0.479 e. The molecule has 8 nitrogen and oxygen atoms in total. The molecule has 0 aliphatic rings. The summed E-state index contributed by atoms with van der Waals surface area (Å²) in [5, 5.41) is 7.12. The van der Waals surface area contributed by atoms with E-state index in [1.54, 1.807) is 49.4 Å². The molecule has 0 aliphatic heterocycles. The normalized spacial score (nSPS) is 11.5. The Morgan fingerprint density at radius 3 is 2.71 bits per heavy atom. The van der Waals surface area contributed by atoms with Crippen molar-refractivity contribution in [1.82, 2.24) is 14.8 Å². The van der Waals surface area contributed by atoms with Crippen molar-refractivity contribution in [3.05, 3.63) is 66.2 Å². The van der Waals surface area contributed by atoms with Crippen molar-refractivity contribution < 1.29 is 19.1 Å². The number of hydrogen-bond donors (Lipinski definition) is 1. The molecule has 144 valence electrons. The van der Waals surface area contributed by atoms with Gasteiger partial charge in [-0.05, 0) is 37.3 Å². The fraction of sp³-hybridized carbons (Fsp3) is 0.158. The minimum absolute atomic E-state index is 0.410. The summed E-state index contributed by atoms with van der Waals surface area (Å²) < 4.78 is 12.0. The van der Waals surface area contributed by atoms with Gasteiger partial charge in [-0.3, -0.25) is 4.79 Å². The van der Waals surface area contributed by atoms with Crippen molar-refractivity contribution in [3.63, 3.8) is 0 Å². The van der Waals surface area contributed by atoms with E-state index < -0.39 is 24.6 Å². The number of benzene rings is 2. The highest BCUT2D eigenvalue weighted by molar-refractivity contribution is 6.31. The number of ether oxygens (including phenoxy) is 2. The maximum Gasteiger partial charge on any atom is 0.347 e. The summed E-state index contributed by atoms with van der Waals surface area (Å²) in [6, 6.07) is 13.8. The Balaban J connectivity index is 1.57. The van der Waals surface area contributed by atoms with Crippen LogP contribution in [0.1, 0.15) is 6.92 Å². The van der Waals surface area contributed by atoms with Crippen LogP contribution in [0.4, 0.5) is 5.69 Å². The first-order chi connectivity index (χ1) is 13.5. The van der Waals surface area contributed by atoms with Crippen LogP contribution in [0.2, 0.25) is 5.02 Å². The molecular weight excluding hydrogens is 384 g/mol. The first-order valence-corrected chi connectivity index (χ1v) is 8.73. The zero-order valence-electron chi connectivity index (χ0n) is 14.9. The van der Waals surface area contributed by atoms with Crippen molar-refractivity contribution in [2.75, 3.05) is 11.9 Å². The number of aromatic nitrogens is 3. The molecule has 0 fully saturated rings. The number of amides is 1.